The number of aromatic amines is 1. The van der Waals surface area contributed by atoms with Crippen LogP contribution in [0.3, 0.4) is 0 Å². The molecule has 1 aliphatic heterocycles. The smallest absolute Gasteiger partial charge is 0.277 e. The van der Waals surface area contributed by atoms with Crippen LogP contribution >= 0.6 is 0 Å². The number of nitrogens with zero attached hydrogens (tertiary/aromatic N) is 3. The van der Waals surface area contributed by atoms with Gasteiger partial charge in [0.05, 0.1) is 13.3 Å². The van der Waals surface area contributed by atoms with Gasteiger partial charge in [0.15, 0.2) is 0 Å². The maximum absolute atomic E-state index is 11.9. The van der Waals surface area contributed by atoms with Gasteiger partial charge in [0.25, 0.3) is 5.56 Å². The van der Waals surface area contributed by atoms with Crippen molar-refractivity contribution in [2.45, 2.75) is 12.8 Å². The normalized spacial score (nSPS) is 15.8. The topological polar surface area (TPSA) is 129 Å². The average Bonchev–Trinajstić information content (AvgIpc) is 2.61. The summed E-state index contributed by atoms with van der Waals surface area (Å²) in [5.74, 6) is 1.40. The number of hydrogen-bond acceptors (Lipinski definition) is 8. The Labute approximate surface area is 145 Å². The van der Waals surface area contributed by atoms with Crippen molar-refractivity contribution in [3.8, 4) is 5.88 Å². The minimum atomic E-state index is -2.63. The standard InChI is InChI=1S/C14H20N6O4S/c1-24-14-12-10(8-15-18-13(12)21)6-11(17-14)20-4-2-9(3-5-20)7-16-19-25(22)23/h6,8-9,16,25H,2-5,7H2,1H3,(H,18,21)(H,19,22,23). The van der Waals surface area contributed by atoms with E-state index in [2.05, 4.69) is 30.3 Å². The lowest BCUT2D eigenvalue weighted by Crippen LogP contribution is -2.41. The predicted molar refractivity (Wildman–Crippen MR) is 93.1 cm³/mol. The molecule has 2 aromatic heterocycles. The maximum Gasteiger partial charge on any atom is 0.277 e. The molecule has 3 rings (SSSR count). The van der Waals surface area contributed by atoms with E-state index in [1.807, 2.05) is 6.07 Å². The number of nitrogens with one attached hydrogen (secondary N) is 3. The van der Waals surface area contributed by atoms with E-state index >= 15 is 0 Å². The van der Waals surface area contributed by atoms with Gasteiger partial charge < -0.3 is 9.64 Å². The van der Waals surface area contributed by atoms with E-state index < -0.39 is 10.9 Å². The molecule has 0 radical (unpaired) electrons. The Morgan fingerprint density at radius 3 is 2.84 bits per heavy atom. The first-order chi connectivity index (χ1) is 12.1. The number of anilines is 1. The van der Waals surface area contributed by atoms with Crippen molar-refractivity contribution in [3.63, 3.8) is 0 Å². The lowest BCUT2D eigenvalue weighted by Gasteiger charge is -2.33. The van der Waals surface area contributed by atoms with Gasteiger partial charge in [-0.1, -0.05) is 0 Å². The van der Waals surface area contributed by atoms with Crippen LogP contribution in [0.15, 0.2) is 17.1 Å². The zero-order valence-corrected chi connectivity index (χ0v) is 14.6. The van der Waals surface area contributed by atoms with Crippen LogP contribution in [0.4, 0.5) is 5.82 Å². The van der Waals surface area contributed by atoms with Crippen LogP contribution in [0.2, 0.25) is 0 Å². The lowest BCUT2D eigenvalue weighted by molar-refractivity contribution is 0.374. The summed E-state index contributed by atoms with van der Waals surface area (Å²) in [5, 5.41) is 7.28. The van der Waals surface area contributed by atoms with Gasteiger partial charge in [0, 0.05) is 25.0 Å². The fourth-order valence-corrected chi connectivity index (χ4v) is 3.22. The van der Waals surface area contributed by atoms with Gasteiger partial charge in [-0.3, -0.25) is 4.79 Å². The zero-order chi connectivity index (χ0) is 17.8. The molecule has 11 heteroatoms. The number of thiol groups is 1. The molecule has 0 atom stereocenters. The van der Waals surface area contributed by atoms with Crippen molar-refractivity contribution >= 4 is 27.5 Å². The molecule has 0 spiro atoms. The van der Waals surface area contributed by atoms with Crippen LogP contribution in [-0.2, 0) is 10.9 Å². The van der Waals surface area contributed by atoms with Gasteiger partial charge in [0.1, 0.15) is 11.2 Å². The first-order valence-electron chi connectivity index (χ1n) is 7.88. The molecule has 10 nitrogen and oxygen atoms in total. The maximum atomic E-state index is 11.9. The third-order valence-electron chi connectivity index (χ3n) is 4.29. The molecular formula is C14H20N6O4S. The van der Waals surface area contributed by atoms with Crippen LogP contribution in [0.1, 0.15) is 12.8 Å². The van der Waals surface area contributed by atoms with Crippen molar-refractivity contribution in [1.29, 1.82) is 0 Å². The molecule has 1 aliphatic rings. The summed E-state index contributed by atoms with van der Waals surface area (Å²) >= 11 is 0. The van der Waals surface area contributed by atoms with Crippen LogP contribution in [0, 0.1) is 5.92 Å². The number of H-pyrrole nitrogens is 1. The first kappa shape index (κ1) is 17.6. The highest BCUT2D eigenvalue weighted by Gasteiger charge is 2.21. The number of ether oxygens (including phenoxy) is 1. The van der Waals surface area contributed by atoms with Crippen LogP contribution in [0.25, 0.3) is 10.8 Å². The van der Waals surface area contributed by atoms with E-state index in [0.717, 1.165) is 31.7 Å². The Morgan fingerprint density at radius 2 is 2.16 bits per heavy atom. The molecule has 0 saturated carbocycles. The minimum absolute atomic E-state index is 0.281. The molecule has 2 aromatic rings. The molecule has 3 heterocycles. The summed E-state index contributed by atoms with van der Waals surface area (Å²) < 4.78 is 26.2. The van der Waals surface area contributed by atoms with Gasteiger partial charge in [-0.25, -0.2) is 18.9 Å². The van der Waals surface area contributed by atoms with Crippen molar-refractivity contribution in [2.75, 3.05) is 31.6 Å². The molecule has 0 amide bonds. The van der Waals surface area contributed by atoms with Crippen LogP contribution in [-0.4, -0.2) is 50.3 Å². The lowest BCUT2D eigenvalue weighted by atomic mass is 9.97. The van der Waals surface area contributed by atoms with Gasteiger partial charge in [-0.15, -0.1) is 0 Å². The Hall–Kier alpha value is -2.24. The summed E-state index contributed by atoms with van der Waals surface area (Å²) in [5.41, 5.74) is 2.38. The minimum Gasteiger partial charge on any atom is -0.480 e. The van der Waals surface area contributed by atoms with Crippen molar-refractivity contribution in [2.24, 2.45) is 5.92 Å². The van der Waals surface area contributed by atoms with Gasteiger partial charge in [-0.05, 0) is 24.8 Å². The average molecular weight is 368 g/mol. The van der Waals surface area contributed by atoms with E-state index in [0.29, 0.717) is 23.2 Å². The fraction of sp³-hybridized carbons (Fsp3) is 0.500. The summed E-state index contributed by atoms with van der Waals surface area (Å²) in [6.45, 7) is 2.16. The summed E-state index contributed by atoms with van der Waals surface area (Å²) in [4.78, 5) is 20.7. The second kappa shape index (κ2) is 7.76. The van der Waals surface area contributed by atoms with Crippen molar-refractivity contribution in [1.82, 2.24) is 25.4 Å². The molecule has 3 N–H and O–H groups in total. The van der Waals surface area contributed by atoms with Gasteiger partial charge in [0.2, 0.25) is 16.8 Å². The molecule has 0 unspecified atom stereocenters. The molecule has 0 aliphatic carbocycles. The Morgan fingerprint density at radius 1 is 1.40 bits per heavy atom. The highest BCUT2D eigenvalue weighted by molar-refractivity contribution is 7.70. The third kappa shape index (κ3) is 4.06. The molecule has 25 heavy (non-hydrogen) atoms. The number of fused-ring (bicyclic) bond motifs is 1. The number of pyridine rings is 1. The van der Waals surface area contributed by atoms with E-state index in [1.54, 1.807) is 6.20 Å². The number of aromatic nitrogens is 3. The van der Waals surface area contributed by atoms with Gasteiger partial charge >= 0.3 is 0 Å². The fourth-order valence-electron chi connectivity index (χ4n) is 3.00. The Kier molecular flexibility index (Phi) is 5.46. The summed E-state index contributed by atoms with van der Waals surface area (Å²) in [6.07, 6.45) is 3.39. The second-order valence-corrected chi connectivity index (χ2v) is 6.57. The molecule has 136 valence electrons. The van der Waals surface area contributed by atoms with E-state index in [-0.39, 0.29) is 11.4 Å². The van der Waals surface area contributed by atoms with Crippen molar-refractivity contribution in [3.05, 3.63) is 22.6 Å². The first-order valence-corrected chi connectivity index (χ1v) is 9.06. The van der Waals surface area contributed by atoms with Crippen LogP contribution in [0.5, 0.6) is 5.88 Å². The molecule has 0 aromatic carbocycles. The largest absolute Gasteiger partial charge is 0.480 e. The zero-order valence-electron chi connectivity index (χ0n) is 13.7. The third-order valence-corrected chi connectivity index (χ3v) is 4.63. The number of hydrogen-bond donors (Lipinski definition) is 4. The van der Waals surface area contributed by atoms with E-state index in [9.17, 15) is 13.2 Å². The second-order valence-electron chi connectivity index (χ2n) is 5.83. The number of methoxy groups -OCH3 is 1. The molecular weight excluding hydrogens is 348 g/mol. The summed E-state index contributed by atoms with van der Waals surface area (Å²) in [7, 11) is -1.14. The number of hydrazine groups is 1. The molecule has 1 saturated heterocycles. The van der Waals surface area contributed by atoms with E-state index in [1.165, 1.54) is 7.11 Å². The highest BCUT2D eigenvalue weighted by Crippen LogP contribution is 2.27. The van der Waals surface area contributed by atoms with Gasteiger partial charge in [-0.2, -0.15) is 14.9 Å². The quantitative estimate of drug-likeness (QED) is 0.384. The highest BCUT2D eigenvalue weighted by atomic mass is 32.2. The number of piperidine rings is 1. The monoisotopic (exact) mass is 368 g/mol. The molecule has 0 bridgehead atoms. The number of rotatable bonds is 6. The Balaban J connectivity index is 1.72. The van der Waals surface area contributed by atoms with Crippen molar-refractivity contribution < 1.29 is 13.2 Å². The SMILES string of the molecule is COc1nc(N2CCC(CNN[SH](=O)=O)CC2)cc2cn[nH]c(=O)c12. The summed E-state index contributed by atoms with van der Waals surface area (Å²) in [6, 6.07) is 1.84. The Bertz CT molecular complexity index is 867. The predicted octanol–water partition coefficient (Wildman–Crippen LogP) is -0.836. The van der Waals surface area contributed by atoms with Crippen LogP contribution < -0.4 is 25.5 Å². The van der Waals surface area contributed by atoms with E-state index in [4.69, 9.17) is 4.74 Å². The molecule has 1 fully saturated rings.